The molecule has 2 heterocycles. The number of rotatable bonds is 8. The van der Waals surface area contributed by atoms with Crippen LogP contribution in [0.2, 0.25) is 0 Å². The molecule has 9 heteroatoms. The summed E-state index contributed by atoms with van der Waals surface area (Å²) in [6.07, 6.45) is 1.83. The largest absolute Gasteiger partial charge is 0.495 e. The smallest absolute Gasteiger partial charge is 0.254 e. The molecule has 0 spiro atoms. The van der Waals surface area contributed by atoms with E-state index in [1.807, 2.05) is 22.4 Å². The van der Waals surface area contributed by atoms with E-state index in [4.69, 9.17) is 9.47 Å². The van der Waals surface area contributed by atoms with Gasteiger partial charge in [-0.25, -0.2) is 13.1 Å². The quantitative estimate of drug-likeness (QED) is 0.659. The predicted octanol–water partition coefficient (Wildman–Crippen LogP) is 2.66. The molecule has 1 atom stereocenters. The Kier molecular flexibility index (Phi) is 6.71. The van der Waals surface area contributed by atoms with Crippen LogP contribution in [0.4, 0.5) is 0 Å². The van der Waals surface area contributed by atoms with Crippen molar-refractivity contribution in [2.24, 2.45) is 0 Å². The van der Waals surface area contributed by atoms with Crippen molar-refractivity contribution in [3.8, 4) is 5.75 Å². The molecule has 1 saturated heterocycles. The van der Waals surface area contributed by atoms with Crippen molar-refractivity contribution in [3.05, 3.63) is 46.2 Å². The van der Waals surface area contributed by atoms with E-state index in [9.17, 15) is 13.2 Å². The molecule has 1 aromatic carbocycles. The molecule has 1 N–H and O–H groups in total. The Labute approximate surface area is 169 Å². The van der Waals surface area contributed by atoms with Crippen molar-refractivity contribution in [2.45, 2.75) is 23.8 Å². The lowest BCUT2D eigenvalue weighted by Gasteiger charge is -2.24. The SMILES string of the molecule is COCCNS(=O)(=O)c1cc(C(=O)N2CCCC2c2cccs2)ccc1OC. The summed E-state index contributed by atoms with van der Waals surface area (Å²) in [5.41, 5.74) is 0.330. The lowest BCUT2D eigenvalue weighted by molar-refractivity contribution is 0.0737. The average molecular weight is 425 g/mol. The van der Waals surface area contributed by atoms with E-state index in [0.29, 0.717) is 12.1 Å². The van der Waals surface area contributed by atoms with Gasteiger partial charge in [0, 0.05) is 30.6 Å². The van der Waals surface area contributed by atoms with Crippen molar-refractivity contribution in [2.75, 3.05) is 33.9 Å². The van der Waals surface area contributed by atoms with Crippen molar-refractivity contribution in [3.63, 3.8) is 0 Å². The normalized spacial score (nSPS) is 17.1. The molecule has 1 aliphatic heterocycles. The maximum Gasteiger partial charge on any atom is 0.254 e. The predicted molar refractivity (Wildman–Crippen MR) is 107 cm³/mol. The number of nitrogens with one attached hydrogen (secondary N) is 1. The third-order valence-corrected chi connectivity index (χ3v) is 7.14. The van der Waals surface area contributed by atoms with Crippen LogP contribution in [0.25, 0.3) is 0 Å². The van der Waals surface area contributed by atoms with Crippen LogP contribution in [0.1, 0.15) is 34.1 Å². The molecule has 7 nitrogen and oxygen atoms in total. The van der Waals surface area contributed by atoms with Gasteiger partial charge in [0.05, 0.1) is 19.8 Å². The number of likely N-dealkylation sites (tertiary alicyclic amines) is 1. The number of ether oxygens (including phenoxy) is 2. The lowest BCUT2D eigenvalue weighted by atomic mass is 10.1. The molecule has 1 unspecified atom stereocenters. The molecule has 1 aliphatic rings. The second-order valence-electron chi connectivity index (χ2n) is 6.43. The Morgan fingerprint density at radius 2 is 2.14 bits per heavy atom. The molecule has 0 saturated carbocycles. The van der Waals surface area contributed by atoms with Crippen molar-refractivity contribution < 1.29 is 22.7 Å². The average Bonchev–Trinajstić information content (AvgIpc) is 3.38. The highest BCUT2D eigenvalue weighted by molar-refractivity contribution is 7.89. The van der Waals surface area contributed by atoms with Gasteiger partial charge >= 0.3 is 0 Å². The van der Waals surface area contributed by atoms with E-state index < -0.39 is 10.0 Å². The van der Waals surface area contributed by atoms with Crippen LogP contribution in [0.5, 0.6) is 5.75 Å². The summed E-state index contributed by atoms with van der Waals surface area (Å²) >= 11 is 1.63. The Balaban J connectivity index is 1.89. The van der Waals surface area contributed by atoms with Crippen LogP contribution in [0, 0.1) is 0 Å². The number of sulfonamides is 1. The van der Waals surface area contributed by atoms with Crippen molar-refractivity contribution in [1.82, 2.24) is 9.62 Å². The highest BCUT2D eigenvalue weighted by Gasteiger charge is 2.32. The summed E-state index contributed by atoms with van der Waals surface area (Å²) < 4.78 is 37.9. The molecule has 1 amide bonds. The van der Waals surface area contributed by atoms with Gasteiger partial charge in [-0.1, -0.05) is 6.07 Å². The Morgan fingerprint density at radius 1 is 1.32 bits per heavy atom. The van der Waals surface area contributed by atoms with E-state index in [0.717, 1.165) is 17.7 Å². The number of hydrogen-bond donors (Lipinski definition) is 1. The standard InChI is InChI=1S/C19H24N2O5S2/c1-25-11-9-20-28(23,24)18-13-14(7-8-16(18)26-2)19(22)21-10-3-5-15(21)17-6-4-12-27-17/h4,6-8,12-13,15,20H,3,5,9-11H2,1-2H3. The highest BCUT2D eigenvalue weighted by atomic mass is 32.2. The summed E-state index contributed by atoms with van der Waals surface area (Å²) in [5.74, 6) is 0.0181. The third kappa shape index (κ3) is 4.38. The van der Waals surface area contributed by atoms with E-state index in [1.54, 1.807) is 17.4 Å². The monoisotopic (exact) mass is 424 g/mol. The minimum Gasteiger partial charge on any atom is -0.495 e. The summed E-state index contributed by atoms with van der Waals surface area (Å²) in [5, 5.41) is 2.00. The highest BCUT2D eigenvalue weighted by Crippen LogP contribution is 2.36. The minimum atomic E-state index is -3.84. The van der Waals surface area contributed by atoms with Gasteiger partial charge < -0.3 is 14.4 Å². The van der Waals surface area contributed by atoms with E-state index in [2.05, 4.69) is 4.72 Å². The molecule has 0 bridgehead atoms. The Bertz CT molecular complexity index is 912. The van der Waals surface area contributed by atoms with Gasteiger partial charge in [-0.05, 0) is 42.5 Å². The van der Waals surface area contributed by atoms with E-state index in [1.165, 1.54) is 26.4 Å². The molecule has 3 rings (SSSR count). The maximum atomic E-state index is 13.1. The topological polar surface area (TPSA) is 84.9 Å². The van der Waals surface area contributed by atoms with E-state index >= 15 is 0 Å². The van der Waals surface area contributed by atoms with Crippen LogP contribution in [-0.2, 0) is 14.8 Å². The van der Waals surface area contributed by atoms with Crippen LogP contribution in [0.15, 0.2) is 40.6 Å². The van der Waals surface area contributed by atoms with Crippen LogP contribution in [-0.4, -0.2) is 53.1 Å². The van der Waals surface area contributed by atoms with E-state index in [-0.39, 0.29) is 35.7 Å². The molecule has 1 fully saturated rings. The summed E-state index contributed by atoms with van der Waals surface area (Å²) in [6.45, 7) is 1.03. The molecule has 0 radical (unpaired) electrons. The minimum absolute atomic E-state index is 0.0366. The third-order valence-electron chi connectivity index (χ3n) is 4.68. The molecule has 152 valence electrons. The zero-order valence-electron chi connectivity index (χ0n) is 15.9. The molecule has 0 aliphatic carbocycles. The number of benzene rings is 1. The lowest BCUT2D eigenvalue weighted by Crippen LogP contribution is -2.31. The number of thiophene rings is 1. The fourth-order valence-electron chi connectivity index (χ4n) is 3.33. The Hall–Kier alpha value is -1.94. The fourth-order valence-corrected chi connectivity index (χ4v) is 5.41. The second-order valence-corrected chi connectivity index (χ2v) is 9.14. The fraction of sp³-hybridized carbons (Fsp3) is 0.421. The maximum absolute atomic E-state index is 13.1. The first-order valence-electron chi connectivity index (χ1n) is 8.99. The van der Waals surface area contributed by atoms with Gasteiger partial charge in [0.25, 0.3) is 5.91 Å². The van der Waals surface area contributed by atoms with Gasteiger partial charge in [-0.3, -0.25) is 4.79 Å². The molecule has 1 aromatic heterocycles. The summed E-state index contributed by atoms with van der Waals surface area (Å²) in [6, 6.07) is 8.57. The second kappa shape index (κ2) is 9.04. The summed E-state index contributed by atoms with van der Waals surface area (Å²) in [7, 11) is -0.940. The van der Waals surface area contributed by atoms with Crippen LogP contribution >= 0.6 is 11.3 Å². The van der Waals surface area contributed by atoms with Crippen molar-refractivity contribution in [1.29, 1.82) is 0 Å². The number of carbonyl (C=O) groups is 1. The zero-order chi connectivity index (χ0) is 20.1. The number of amides is 1. The van der Waals surface area contributed by atoms with Crippen molar-refractivity contribution >= 4 is 27.3 Å². The molecular weight excluding hydrogens is 400 g/mol. The molecule has 2 aromatic rings. The van der Waals surface area contributed by atoms with Gasteiger partial charge in [0.2, 0.25) is 10.0 Å². The number of hydrogen-bond acceptors (Lipinski definition) is 6. The summed E-state index contributed by atoms with van der Waals surface area (Å²) in [4.78, 5) is 16.1. The van der Waals surface area contributed by atoms with Gasteiger partial charge in [0.1, 0.15) is 10.6 Å². The first-order valence-corrected chi connectivity index (χ1v) is 11.3. The van der Waals surface area contributed by atoms with Gasteiger partial charge in [0.15, 0.2) is 0 Å². The van der Waals surface area contributed by atoms with Gasteiger partial charge in [-0.2, -0.15) is 0 Å². The number of methoxy groups -OCH3 is 2. The van der Waals surface area contributed by atoms with Crippen LogP contribution in [0.3, 0.4) is 0 Å². The number of carbonyl (C=O) groups excluding carboxylic acids is 1. The van der Waals surface area contributed by atoms with Crippen LogP contribution < -0.4 is 9.46 Å². The first kappa shape index (κ1) is 20.8. The molecule has 28 heavy (non-hydrogen) atoms. The zero-order valence-corrected chi connectivity index (χ0v) is 17.5. The number of nitrogens with zero attached hydrogens (tertiary/aromatic N) is 1. The first-order chi connectivity index (χ1) is 13.5. The molecular formula is C19H24N2O5S2. The van der Waals surface area contributed by atoms with Gasteiger partial charge in [-0.15, -0.1) is 11.3 Å². The Morgan fingerprint density at radius 3 is 2.82 bits per heavy atom.